The number of esters is 1. The Bertz CT molecular complexity index is 822. The Balaban J connectivity index is 1.88. The molecule has 0 bridgehead atoms. The minimum Gasteiger partial charge on any atom is -0.455 e. The molecule has 0 aliphatic rings. The van der Waals surface area contributed by atoms with Crippen molar-refractivity contribution in [2.75, 3.05) is 11.9 Å². The van der Waals surface area contributed by atoms with Crippen LogP contribution in [0.15, 0.2) is 42.5 Å². The second-order valence-corrected chi connectivity index (χ2v) is 5.64. The summed E-state index contributed by atoms with van der Waals surface area (Å²) in [5.41, 5.74) is 1.41. The average Bonchev–Trinajstić information content (AvgIpc) is 2.57. The van der Waals surface area contributed by atoms with Gasteiger partial charge in [0.1, 0.15) is 0 Å². The predicted molar refractivity (Wildman–Crippen MR) is 92.6 cm³/mol. The molecule has 0 unspecified atom stereocenters. The van der Waals surface area contributed by atoms with E-state index in [-0.39, 0.29) is 17.7 Å². The number of nitro groups is 1. The minimum atomic E-state index is -0.730. The number of rotatable bonds is 6. The van der Waals surface area contributed by atoms with Gasteiger partial charge in [0.15, 0.2) is 6.61 Å². The molecule has 0 atom stereocenters. The first-order chi connectivity index (χ1) is 11.9. The van der Waals surface area contributed by atoms with Crippen LogP contribution in [0, 0.1) is 17.0 Å². The van der Waals surface area contributed by atoms with Crippen molar-refractivity contribution in [1.29, 1.82) is 0 Å². The van der Waals surface area contributed by atoms with Gasteiger partial charge in [-0.2, -0.15) is 0 Å². The summed E-state index contributed by atoms with van der Waals surface area (Å²) in [6.07, 6.45) is -0.291. The largest absolute Gasteiger partial charge is 0.455 e. The zero-order valence-corrected chi connectivity index (χ0v) is 14.1. The monoisotopic (exact) mass is 362 g/mol. The predicted octanol–water partition coefficient (Wildman–Crippen LogP) is 3.28. The molecule has 0 aromatic heterocycles. The van der Waals surface area contributed by atoms with Crippen molar-refractivity contribution in [2.45, 2.75) is 13.3 Å². The lowest BCUT2D eigenvalue weighted by Crippen LogP contribution is -2.21. The fourth-order valence-corrected chi connectivity index (χ4v) is 2.24. The maximum atomic E-state index is 11.8. The maximum Gasteiger partial charge on any atom is 0.311 e. The fourth-order valence-electron chi connectivity index (χ4n) is 2.06. The van der Waals surface area contributed by atoms with Gasteiger partial charge in [0.25, 0.3) is 11.6 Å². The molecule has 7 nitrogen and oxygen atoms in total. The van der Waals surface area contributed by atoms with Gasteiger partial charge < -0.3 is 10.1 Å². The van der Waals surface area contributed by atoms with Crippen molar-refractivity contribution in [3.05, 3.63) is 68.7 Å². The summed E-state index contributed by atoms with van der Waals surface area (Å²) >= 11 is 5.96. The summed E-state index contributed by atoms with van der Waals surface area (Å²) < 4.78 is 4.86. The number of benzene rings is 2. The molecule has 0 fully saturated rings. The SMILES string of the molecule is Cc1ccc(NC(=O)COC(=O)Cc2ccccc2[N+](=O)[O-])cc1Cl. The average molecular weight is 363 g/mol. The van der Waals surface area contributed by atoms with Crippen LogP contribution in [0.25, 0.3) is 0 Å². The second-order valence-electron chi connectivity index (χ2n) is 5.24. The van der Waals surface area contributed by atoms with E-state index in [1.807, 2.05) is 6.92 Å². The fraction of sp³-hybridized carbons (Fsp3) is 0.176. The number of hydrogen-bond acceptors (Lipinski definition) is 5. The van der Waals surface area contributed by atoms with E-state index >= 15 is 0 Å². The summed E-state index contributed by atoms with van der Waals surface area (Å²) in [5.74, 6) is -1.26. The molecule has 0 heterocycles. The summed E-state index contributed by atoms with van der Waals surface area (Å²) in [4.78, 5) is 33.9. The number of nitrogens with zero attached hydrogens (tertiary/aromatic N) is 1. The topological polar surface area (TPSA) is 98.5 Å². The molecule has 0 aliphatic heterocycles. The Morgan fingerprint density at radius 2 is 1.96 bits per heavy atom. The minimum absolute atomic E-state index is 0.168. The van der Waals surface area contributed by atoms with Gasteiger partial charge in [0.05, 0.1) is 11.3 Å². The van der Waals surface area contributed by atoms with E-state index in [2.05, 4.69) is 5.32 Å². The number of carbonyl (C=O) groups excluding carboxylic acids is 2. The molecule has 2 aromatic carbocycles. The third-order valence-electron chi connectivity index (χ3n) is 3.34. The van der Waals surface area contributed by atoms with E-state index in [1.54, 1.807) is 24.3 Å². The van der Waals surface area contributed by atoms with Crippen LogP contribution in [-0.4, -0.2) is 23.4 Å². The molecule has 2 rings (SSSR count). The van der Waals surface area contributed by atoms with Crippen molar-refractivity contribution >= 4 is 34.9 Å². The van der Waals surface area contributed by atoms with Crippen molar-refractivity contribution in [3.8, 4) is 0 Å². The van der Waals surface area contributed by atoms with E-state index in [9.17, 15) is 19.7 Å². The molecule has 130 valence electrons. The van der Waals surface area contributed by atoms with Crippen LogP contribution < -0.4 is 5.32 Å². The van der Waals surface area contributed by atoms with E-state index in [1.165, 1.54) is 18.2 Å². The summed E-state index contributed by atoms with van der Waals surface area (Å²) in [6, 6.07) is 10.9. The number of anilines is 1. The molecule has 25 heavy (non-hydrogen) atoms. The number of ether oxygens (including phenoxy) is 1. The second kappa shape index (κ2) is 8.25. The normalized spacial score (nSPS) is 10.2. The van der Waals surface area contributed by atoms with Crippen molar-refractivity contribution in [2.24, 2.45) is 0 Å². The smallest absolute Gasteiger partial charge is 0.311 e. The molecule has 1 amide bonds. The van der Waals surface area contributed by atoms with Gasteiger partial charge in [0, 0.05) is 22.3 Å². The molecule has 1 N–H and O–H groups in total. The number of para-hydroxylation sites is 1. The standard InChI is InChI=1S/C17H15ClN2O5/c1-11-6-7-13(9-14(11)18)19-16(21)10-25-17(22)8-12-4-2-3-5-15(12)20(23)24/h2-7,9H,8,10H2,1H3,(H,19,21). The first-order valence-corrected chi connectivity index (χ1v) is 7.68. The van der Waals surface area contributed by atoms with Gasteiger partial charge in [-0.15, -0.1) is 0 Å². The highest BCUT2D eigenvalue weighted by molar-refractivity contribution is 6.31. The van der Waals surface area contributed by atoms with Crippen molar-refractivity contribution in [3.63, 3.8) is 0 Å². The first-order valence-electron chi connectivity index (χ1n) is 7.30. The van der Waals surface area contributed by atoms with Crippen LogP contribution in [0.4, 0.5) is 11.4 Å². The quantitative estimate of drug-likeness (QED) is 0.483. The molecule has 0 radical (unpaired) electrons. The van der Waals surface area contributed by atoms with E-state index in [0.29, 0.717) is 10.7 Å². The van der Waals surface area contributed by atoms with Crippen LogP contribution in [0.1, 0.15) is 11.1 Å². The Morgan fingerprint density at radius 1 is 1.24 bits per heavy atom. The molecular formula is C17H15ClN2O5. The number of nitro benzene ring substituents is 1. The molecule has 0 saturated heterocycles. The number of halogens is 1. The molecule has 0 aliphatic carbocycles. The van der Waals surface area contributed by atoms with Crippen LogP contribution in [0.5, 0.6) is 0 Å². The third kappa shape index (κ3) is 5.29. The highest BCUT2D eigenvalue weighted by atomic mass is 35.5. The lowest BCUT2D eigenvalue weighted by Gasteiger charge is -2.08. The Kier molecular flexibility index (Phi) is 6.08. The summed E-state index contributed by atoms with van der Waals surface area (Å²) in [7, 11) is 0. The van der Waals surface area contributed by atoms with Crippen LogP contribution >= 0.6 is 11.6 Å². The molecule has 0 spiro atoms. The van der Waals surface area contributed by atoms with Gasteiger partial charge >= 0.3 is 5.97 Å². The zero-order valence-electron chi connectivity index (χ0n) is 13.3. The van der Waals surface area contributed by atoms with Crippen LogP contribution in [-0.2, 0) is 20.7 Å². The van der Waals surface area contributed by atoms with Gasteiger partial charge in [0.2, 0.25) is 0 Å². The van der Waals surface area contributed by atoms with E-state index in [0.717, 1.165) is 5.56 Å². The highest BCUT2D eigenvalue weighted by Crippen LogP contribution is 2.20. The number of aryl methyl sites for hydroxylation is 1. The number of amides is 1. The molecular weight excluding hydrogens is 348 g/mol. The maximum absolute atomic E-state index is 11.8. The van der Waals surface area contributed by atoms with E-state index in [4.69, 9.17) is 16.3 Å². The van der Waals surface area contributed by atoms with Gasteiger partial charge in [-0.3, -0.25) is 19.7 Å². The number of nitrogens with one attached hydrogen (secondary N) is 1. The lowest BCUT2D eigenvalue weighted by atomic mass is 10.1. The Morgan fingerprint density at radius 3 is 2.64 bits per heavy atom. The molecule has 8 heteroatoms. The zero-order chi connectivity index (χ0) is 18.4. The Labute approximate surface area is 148 Å². The summed E-state index contributed by atoms with van der Waals surface area (Å²) in [6.45, 7) is 1.34. The molecule has 2 aromatic rings. The highest BCUT2D eigenvalue weighted by Gasteiger charge is 2.17. The lowest BCUT2D eigenvalue weighted by molar-refractivity contribution is -0.385. The number of hydrogen-bond donors (Lipinski definition) is 1. The third-order valence-corrected chi connectivity index (χ3v) is 3.75. The summed E-state index contributed by atoms with van der Waals surface area (Å²) in [5, 5.41) is 14.0. The number of carbonyl (C=O) groups is 2. The van der Waals surface area contributed by atoms with Crippen molar-refractivity contribution in [1.82, 2.24) is 0 Å². The van der Waals surface area contributed by atoms with Gasteiger partial charge in [-0.1, -0.05) is 35.9 Å². The van der Waals surface area contributed by atoms with Crippen LogP contribution in [0.2, 0.25) is 5.02 Å². The van der Waals surface area contributed by atoms with Crippen LogP contribution in [0.3, 0.4) is 0 Å². The Hall–Kier alpha value is -2.93. The molecule has 0 saturated carbocycles. The van der Waals surface area contributed by atoms with Gasteiger partial charge in [-0.25, -0.2) is 0 Å². The van der Waals surface area contributed by atoms with E-state index < -0.39 is 23.4 Å². The van der Waals surface area contributed by atoms with Crippen molar-refractivity contribution < 1.29 is 19.2 Å². The van der Waals surface area contributed by atoms with Gasteiger partial charge in [-0.05, 0) is 24.6 Å². The first kappa shape index (κ1) is 18.4.